The van der Waals surface area contributed by atoms with Gasteiger partial charge in [0.2, 0.25) is 0 Å². The molecule has 1 aliphatic rings. The first-order valence-electron chi connectivity index (χ1n) is 11.0. The first kappa shape index (κ1) is 22.4. The van der Waals surface area contributed by atoms with Crippen molar-refractivity contribution in [3.8, 4) is 5.75 Å². The zero-order valence-corrected chi connectivity index (χ0v) is 19.2. The molecular weight excluding hydrogens is 418 g/mol. The van der Waals surface area contributed by atoms with Gasteiger partial charge in [0, 0.05) is 11.3 Å². The molecule has 0 radical (unpaired) electrons. The van der Waals surface area contributed by atoms with E-state index >= 15 is 0 Å². The Balaban J connectivity index is 1.86. The number of carbonyl (C=O) groups is 2. The summed E-state index contributed by atoms with van der Waals surface area (Å²) >= 11 is 0. The molecule has 2 heterocycles. The smallest absolute Gasteiger partial charge is 0.300 e. The highest BCUT2D eigenvalue weighted by Crippen LogP contribution is 2.44. The van der Waals surface area contributed by atoms with E-state index in [2.05, 4.69) is 0 Å². The number of amides is 1. The Bertz CT molecular complexity index is 1240. The first-order valence-corrected chi connectivity index (χ1v) is 11.0. The quantitative estimate of drug-likeness (QED) is 0.303. The van der Waals surface area contributed by atoms with Crippen molar-refractivity contribution in [3.63, 3.8) is 0 Å². The third kappa shape index (κ3) is 4.04. The van der Waals surface area contributed by atoms with Gasteiger partial charge in [0.15, 0.2) is 0 Å². The predicted octanol–water partition coefficient (Wildman–Crippen LogP) is 5.62. The van der Waals surface area contributed by atoms with E-state index in [0.29, 0.717) is 35.1 Å². The average molecular weight is 446 g/mol. The van der Waals surface area contributed by atoms with Gasteiger partial charge in [-0.3, -0.25) is 14.5 Å². The molecule has 6 nitrogen and oxygen atoms in total. The van der Waals surface area contributed by atoms with Crippen LogP contribution in [0.15, 0.2) is 64.6 Å². The van der Waals surface area contributed by atoms with Crippen LogP contribution in [0, 0.1) is 20.8 Å². The van der Waals surface area contributed by atoms with E-state index in [-0.39, 0.29) is 11.3 Å². The summed E-state index contributed by atoms with van der Waals surface area (Å²) < 4.78 is 11.5. The molecule has 1 aliphatic heterocycles. The second-order valence-electron chi connectivity index (χ2n) is 8.21. The highest BCUT2D eigenvalue weighted by molar-refractivity contribution is 6.51. The van der Waals surface area contributed by atoms with Gasteiger partial charge in [0.1, 0.15) is 29.1 Å². The molecule has 0 saturated carbocycles. The highest BCUT2D eigenvalue weighted by atomic mass is 16.5. The summed E-state index contributed by atoms with van der Waals surface area (Å²) in [5, 5.41) is 11.2. The lowest BCUT2D eigenvalue weighted by molar-refractivity contribution is -0.132. The molecule has 6 heteroatoms. The number of aliphatic hydroxyl groups is 1. The number of benzene rings is 2. The van der Waals surface area contributed by atoms with E-state index in [4.69, 9.17) is 9.15 Å². The minimum atomic E-state index is -0.879. The van der Waals surface area contributed by atoms with Crippen LogP contribution in [-0.2, 0) is 9.59 Å². The van der Waals surface area contributed by atoms with Gasteiger partial charge >= 0.3 is 0 Å². The van der Waals surface area contributed by atoms with Crippen LogP contribution in [0.4, 0.5) is 5.69 Å². The molecule has 4 rings (SSSR count). The van der Waals surface area contributed by atoms with Crippen LogP contribution in [0.5, 0.6) is 5.75 Å². The normalized spacial score (nSPS) is 17.6. The van der Waals surface area contributed by atoms with Crippen LogP contribution in [0.3, 0.4) is 0 Å². The van der Waals surface area contributed by atoms with Gasteiger partial charge in [-0.05, 0) is 80.8 Å². The molecule has 1 amide bonds. The first-order chi connectivity index (χ1) is 15.8. The maximum absolute atomic E-state index is 13.2. The number of ether oxygens (including phenoxy) is 1. The van der Waals surface area contributed by atoms with Gasteiger partial charge in [0.25, 0.3) is 11.7 Å². The number of furan rings is 1. The standard InChI is InChI=1S/C27H27NO5/c1-5-15-32-20-12-10-19(11-13-20)25(29)23-24(22-14-9-17(3)33-22)28(27(31)26(23)30)21-8-6-7-16(2)18(21)4/h6-14,24,29H,5,15H2,1-4H3/b25-23-. The largest absolute Gasteiger partial charge is 0.507 e. The third-order valence-electron chi connectivity index (χ3n) is 5.91. The number of hydrogen-bond acceptors (Lipinski definition) is 5. The summed E-state index contributed by atoms with van der Waals surface area (Å²) in [7, 11) is 0. The predicted molar refractivity (Wildman–Crippen MR) is 126 cm³/mol. The van der Waals surface area contributed by atoms with Crippen LogP contribution in [0.1, 0.15) is 47.6 Å². The van der Waals surface area contributed by atoms with Crippen molar-refractivity contribution in [1.29, 1.82) is 0 Å². The molecule has 1 unspecified atom stereocenters. The van der Waals surface area contributed by atoms with Crippen molar-refractivity contribution in [3.05, 3.63) is 88.4 Å². The van der Waals surface area contributed by atoms with Crippen LogP contribution in [0.25, 0.3) is 5.76 Å². The van der Waals surface area contributed by atoms with E-state index < -0.39 is 17.7 Å². The second-order valence-corrected chi connectivity index (χ2v) is 8.21. The molecule has 170 valence electrons. The average Bonchev–Trinajstić information content (AvgIpc) is 3.35. The van der Waals surface area contributed by atoms with Crippen LogP contribution in [-0.4, -0.2) is 23.4 Å². The number of rotatable bonds is 6. The minimum absolute atomic E-state index is 0.00233. The molecule has 1 atom stereocenters. The van der Waals surface area contributed by atoms with Crippen LogP contribution < -0.4 is 9.64 Å². The number of Topliss-reactive ketones (excluding diaryl/α,β-unsaturated/α-hetero) is 1. The Morgan fingerprint density at radius 2 is 1.76 bits per heavy atom. The molecule has 1 N–H and O–H groups in total. The third-order valence-corrected chi connectivity index (χ3v) is 5.91. The Hall–Kier alpha value is -3.80. The molecule has 0 aliphatic carbocycles. The Labute approximate surface area is 193 Å². The SMILES string of the molecule is CCCOc1ccc(/C(O)=C2/C(=O)C(=O)N(c3cccc(C)c3C)C2c2ccc(C)o2)cc1. The van der Waals surface area contributed by atoms with E-state index in [0.717, 1.165) is 17.5 Å². The summed E-state index contributed by atoms with van der Waals surface area (Å²) in [5.41, 5.74) is 2.90. The van der Waals surface area contributed by atoms with Crippen LogP contribution >= 0.6 is 0 Å². The van der Waals surface area contributed by atoms with Gasteiger partial charge in [-0.2, -0.15) is 0 Å². The van der Waals surface area contributed by atoms with Crippen LogP contribution in [0.2, 0.25) is 0 Å². The number of anilines is 1. The number of aryl methyl sites for hydroxylation is 2. The summed E-state index contributed by atoms with van der Waals surface area (Å²) in [6, 6.07) is 15.0. The lowest BCUT2D eigenvalue weighted by Crippen LogP contribution is -2.30. The summed E-state index contributed by atoms with van der Waals surface area (Å²) in [6.07, 6.45) is 0.881. The van der Waals surface area contributed by atoms with Crippen molar-refractivity contribution >= 4 is 23.1 Å². The molecule has 2 aromatic carbocycles. The molecule has 1 saturated heterocycles. The second kappa shape index (κ2) is 8.98. The van der Waals surface area contributed by atoms with Crippen molar-refractivity contribution in [1.82, 2.24) is 0 Å². The molecule has 1 aromatic heterocycles. The summed E-state index contributed by atoms with van der Waals surface area (Å²) in [5.74, 6) is 0.0294. The van der Waals surface area contributed by atoms with Gasteiger partial charge in [-0.1, -0.05) is 19.1 Å². The Kier molecular flexibility index (Phi) is 6.09. The number of nitrogens with zero attached hydrogens (tertiary/aromatic N) is 1. The Morgan fingerprint density at radius 1 is 1.03 bits per heavy atom. The van der Waals surface area contributed by atoms with E-state index in [1.807, 2.05) is 32.9 Å². The molecule has 33 heavy (non-hydrogen) atoms. The fourth-order valence-corrected chi connectivity index (χ4v) is 4.03. The molecule has 0 bridgehead atoms. The van der Waals surface area contributed by atoms with Gasteiger partial charge in [-0.15, -0.1) is 0 Å². The number of aliphatic hydroxyl groups excluding tert-OH is 1. The fourth-order valence-electron chi connectivity index (χ4n) is 4.03. The monoisotopic (exact) mass is 445 g/mol. The summed E-state index contributed by atoms with van der Waals surface area (Å²) in [6.45, 7) is 8.26. The topological polar surface area (TPSA) is 80.0 Å². The van der Waals surface area contributed by atoms with Gasteiger partial charge in [0.05, 0.1) is 12.2 Å². The zero-order chi connectivity index (χ0) is 23.7. The minimum Gasteiger partial charge on any atom is -0.507 e. The number of carbonyl (C=O) groups excluding carboxylic acids is 2. The van der Waals surface area contributed by atoms with Crippen molar-refractivity contribution in [2.24, 2.45) is 0 Å². The summed E-state index contributed by atoms with van der Waals surface area (Å²) in [4.78, 5) is 27.9. The zero-order valence-electron chi connectivity index (χ0n) is 19.2. The lowest BCUT2D eigenvalue weighted by Gasteiger charge is -2.25. The molecule has 0 spiro atoms. The van der Waals surface area contributed by atoms with Crippen molar-refractivity contribution < 1.29 is 23.8 Å². The molecular formula is C27H27NO5. The number of hydrogen-bond donors (Lipinski definition) is 1. The highest BCUT2D eigenvalue weighted by Gasteiger charge is 2.48. The van der Waals surface area contributed by atoms with Gasteiger partial charge in [-0.25, -0.2) is 0 Å². The maximum Gasteiger partial charge on any atom is 0.300 e. The van der Waals surface area contributed by atoms with Gasteiger partial charge < -0.3 is 14.3 Å². The lowest BCUT2D eigenvalue weighted by atomic mass is 9.98. The molecule has 1 fully saturated rings. The fraction of sp³-hybridized carbons (Fsp3) is 0.259. The molecule has 3 aromatic rings. The van der Waals surface area contributed by atoms with E-state index in [1.54, 1.807) is 49.4 Å². The van der Waals surface area contributed by atoms with Crippen molar-refractivity contribution in [2.75, 3.05) is 11.5 Å². The number of ketones is 1. The van der Waals surface area contributed by atoms with E-state index in [1.165, 1.54) is 4.90 Å². The maximum atomic E-state index is 13.2. The van der Waals surface area contributed by atoms with E-state index in [9.17, 15) is 14.7 Å². The Morgan fingerprint density at radius 3 is 2.39 bits per heavy atom. The van der Waals surface area contributed by atoms with Crippen molar-refractivity contribution in [2.45, 2.75) is 40.2 Å².